The van der Waals surface area contributed by atoms with Crippen molar-refractivity contribution in [2.75, 3.05) is 6.54 Å². The quantitative estimate of drug-likeness (QED) is 0.713. The minimum atomic E-state index is -6.44. The van der Waals surface area contributed by atoms with Crippen LogP contribution in [0.15, 0.2) is 0 Å². The molecule has 0 bridgehead atoms. The van der Waals surface area contributed by atoms with Crippen molar-refractivity contribution in [3.8, 4) is 0 Å². The summed E-state index contributed by atoms with van der Waals surface area (Å²) < 4.78 is 83.0. The first-order chi connectivity index (χ1) is 5.98. The lowest BCUT2D eigenvalue weighted by molar-refractivity contribution is -0.369. The summed E-state index contributed by atoms with van der Waals surface area (Å²) in [6, 6.07) is 0. The van der Waals surface area contributed by atoms with Gasteiger partial charge in [-0.25, -0.2) is 0 Å². The summed E-state index contributed by atoms with van der Waals surface area (Å²) in [4.78, 5) is 0. The van der Waals surface area contributed by atoms with E-state index in [1.165, 1.54) is 0 Å². The van der Waals surface area contributed by atoms with Crippen LogP contribution in [-0.2, 0) is 0 Å². The molecule has 14 heavy (non-hydrogen) atoms. The van der Waals surface area contributed by atoms with Crippen LogP contribution in [0.5, 0.6) is 0 Å². The number of rotatable bonds is 3. The van der Waals surface area contributed by atoms with Crippen LogP contribution < -0.4 is 5.73 Å². The second-order valence-corrected chi connectivity index (χ2v) is 2.45. The van der Waals surface area contributed by atoms with Crippen molar-refractivity contribution in [2.24, 2.45) is 5.73 Å². The average Bonchev–Trinajstić information content (AvgIpc) is 2.00. The van der Waals surface area contributed by atoms with Crippen LogP contribution in [0.1, 0.15) is 0 Å². The van der Waals surface area contributed by atoms with Crippen LogP contribution in [0.3, 0.4) is 0 Å². The van der Waals surface area contributed by atoms with Crippen LogP contribution in [0.25, 0.3) is 0 Å². The lowest BCUT2D eigenvalue weighted by atomic mass is 10.1. The number of hydrogen-bond acceptors (Lipinski definition) is 2. The lowest BCUT2D eigenvalue weighted by Gasteiger charge is -2.30. The molecule has 0 aliphatic heterocycles. The molecule has 3 N–H and O–H groups in total. The SMILES string of the molecule is NC[C@@H](O)C(F)(F)C(F)(F)C(F)(F)F. The topological polar surface area (TPSA) is 46.2 Å². The maximum atomic E-state index is 12.3. The predicted molar refractivity (Wildman–Crippen MR) is 31.0 cm³/mol. The third-order valence-electron chi connectivity index (χ3n) is 1.42. The molecule has 0 rings (SSSR count). The molecular formula is C5H6F7NO. The van der Waals surface area contributed by atoms with Gasteiger partial charge in [0.25, 0.3) is 0 Å². The molecule has 0 unspecified atom stereocenters. The zero-order valence-electron chi connectivity index (χ0n) is 6.45. The van der Waals surface area contributed by atoms with E-state index in [9.17, 15) is 30.7 Å². The number of aliphatic hydroxyl groups is 1. The van der Waals surface area contributed by atoms with Crippen molar-refractivity contribution in [2.45, 2.75) is 24.1 Å². The highest BCUT2D eigenvalue weighted by Crippen LogP contribution is 2.47. The second-order valence-electron chi connectivity index (χ2n) is 2.45. The van der Waals surface area contributed by atoms with Crippen LogP contribution in [0.2, 0.25) is 0 Å². The predicted octanol–water partition coefficient (Wildman–Crippen LogP) is 1.14. The van der Waals surface area contributed by atoms with E-state index in [1.807, 2.05) is 0 Å². The molecule has 0 fully saturated rings. The minimum Gasteiger partial charge on any atom is -0.385 e. The Labute approximate surface area is 73.5 Å². The van der Waals surface area contributed by atoms with E-state index in [1.54, 1.807) is 0 Å². The Morgan fingerprint density at radius 3 is 1.57 bits per heavy atom. The Kier molecular flexibility index (Phi) is 3.39. The van der Waals surface area contributed by atoms with Gasteiger partial charge in [-0.15, -0.1) is 0 Å². The maximum Gasteiger partial charge on any atom is 0.459 e. The van der Waals surface area contributed by atoms with E-state index >= 15 is 0 Å². The molecular weight excluding hydrogens is 223 g/mol. The molecule has 0 aliphatic rings. The standard InChI is InChI=1S/C5H6F7NO/c6-3(7,2(14)1-13)4(8,9)5(10,11)12/h2,14H,1,13H2/t2-/m1/s1. The molecule has 0 spiro atoms. The molecule has 0 aliphatic carbocycles. The first-order valence-corrected chi connectivity index (χ1v) is 3.19. The lowest BCUT2D eigenvalue weighted by Crippen LogP contribution is -2.59. The highest BCUT2D eigenvalue weighted by Gasteiger charge is 2.75. The fourth-order valence-electron chi connectivity index (χ4n) is 0.546. The smallest absolute Gasteiger partial charge is 0.385 e. The number of alkyl halides is 7. The molecule has 0 aromatic heterocycles. The van der Waals surface area contributed by atoms with Crippen molar-refractivity contribution >= 4 is 0 Å². The number of aliphatic hydroxyl groups excluding tert-OH is 1. The Morgan fingerprint density at radius 1 is 1.00 bits per heavy atom. The van der Waals surface area contributed by atoms with E-state index in [-0.39, 0.29) is 0 Å². The Balaban J connectivity index is 5.07. The van der Waals surface area contributed by atoms with E-state index < -0.39 is 30.7 Å². The maximum absolute atomic E-state index is 12.3. The minimum absolute atomic E-state index is 1.40. The molecule has 1 atom stereocenters. The first-order valence-electron chi connectivity index (χ1n) is 3.19. The molecule has 86 valence electrons. The van der Waals surface area contributed by atoms with Crippen LogP contribution in [0, 0.1) is 0 Å². The third kappa shape index (κ3) is 1.92. The summed E-state index contributed by atoms with van der Waals surface area (Å²) in [5.41, 5.74) is 4.37. The van der Waals surface area contributed by atoms with Gasteiger partial charge in [-0.05, 0) is 0 Å². The van der Waals surface area contributed by atoms with Gasteiger partial charge in [0.15, 0.2) is 0 Å². The highest BCUT2D eigenvalue weighted by atomic mass is 19.4. The Bertz CT molecular complexity index is 201. The first kappa shape index (κ1) is 13.4. The van der Waals surface area contributed by atoms with Crippen molar-refractivity contribution in [1.82, 2.24) is 0 Å². The van der Waals surface area contributed by atoms with Crippen molar-refractivity contribution in [3.05, 3.63) is 0 Å². The van der Waals surface area contributed by atoms with Crippen molar-refractivity contribution in [3.63, 3.8) is 0 Å². The fraction of sp³-hybridized carbons (Fsp3) is 1.00. The summed E-state index contributed by atoms with van der Waals surface area (Å²) in [7, 11) is 0. The second kappa shape index (κ2) is 3.54. The van der Waals surface area contributed by atoms with Gasteiger partial charge in [-0.2, -0.15) is 30.7 Å². The normalized spacial score (nSPS) is 16.9. The summed E-state index contributed by atoms with van der Waals surface area (Å²) in [6.45, 7) is -1.40. The van der Waals surface area contributed by atoms with Gasteiger partial charge in [-0.3, -0.25) is 0 Å². The van der Waals surface area contributed by atoms with Gasteiger partial charge < -0.3 is 10.8 Å². The van der Waals surface area contributed by atoms with Crippen LogP contribution >= 0.6 is 0 Å². The van der Waals surface area contributed by atoms with Gasteiger partial charge >= 0.3 is 18.0 Å². The fourth-order valence-corrected chi connectivity index (χ4v) is 0.546. The molecule has 0 heterocycles. The molecule has 0 saturated heterocycles. The highest BCUT2D eigenvalue weighted by molar-refractivity contribution is 4.96. The molecule has 2 nitrogen and oxygen atoms in total. The summed E-state index contributed by atoms with van der Waals surface area (Å²) >= 11 is 0. The molecule has 0 saturated carbocycles. The van der Waals surface area contributed by atoms with Gasteiger partial charge in [-0.1, -0.05) is 0 Å². The van der Waals surface area contributed by atoms with E-state index in [0.717, 1.165) is 0 Å². The van der Waals surface area contributed by atoms with Crippen LogP contribution in [-0.4, -0.2) is 35.8 Å². The molecule has 9 heteroatoms. The zero-order valence-corrected chi connectivity index (χ0v) is 6.45. The van der Waals surface area contributed by atoms with Gasteiger partial charge in [0.2, 0.25) is 0 Å². The van der Waals surface area contributed by atoms with Gasteiger partial charge in [0, 0.05) is 6.54 Å². The summed E-state index contributed by atoms with van der Waals surface area (Å²) in [5.74, 6) is -11.9. The van der Waals surface area contributed by atoms with Gasteiger partial charge in [0.05, 0.1) is 0 Å². The van der Waals surface area contributed by atoms with E-state index in [0.29, 0.717) is 0 Å². The number of hydrogen-bond donors (Lipinski definition) is 2. The third-order valence-corrected chi connectivity index (χ3v) is 1.42. The molecule has 0 amide bonds. The molecule has 0 radical (unpaired) electrons. The van der Waals surface area contributed by atoms with E-state index in [2.05, 4.69) is 5.73 Å². The number of halogens is 7. The summed E-state index contributed by atoms with van der Waals surface area (Å²) in [5, 5.41) is 8.23. The van der Waals surface area contributed by atoms with Gasteiger partial charge in [0.1, 0.15) is 6.10 Å². The summed E-state index contributed by atoms with van der Waals surface area (Å²) in [6.07, 6.45) is -9.69. The van der Waals surface area contributed by atoms with E-state index in [4.69, 9.17) is 5.11 Å². The average molecular weight is 229 g/mol. The molecule has 0 aromatic rings. The van der Waals surface area contributed by atoms with Crippen molar-refractivity contribution < 1.29 is 35.8 Å². The van der Waals surface area contributed by atoms with Crippen LogP contribution in [0.4, 0.5) is 30.7 Å². The Hall–Kier alpha value is -0.570. The largest absolute Gasteiger partial charge is 0.459 e. The molecule has 0 aromatic carbocycles. The monoisotopic (exact) mass is 229 g/mol. The Morgan fingerprint density at radius 2 is 1.36 bits per heavy atom. The zero-order chi connectivity index (χ0) is 11.8. The van der Waals surface area contributed by atoms with Crippen molar-refractivity contribution in [1.29, 1.82) is 0 Å². The number of nitrogens with two attached hydrogens (primary N) is 1.